The van der Waals surface area contributed by atoms with Crippen molar-refractivity contribution in [1.82, 2.24) is 0 Å². The molecule has 1 atom stereocenters. The molecule has 0 heterocycles. The van der Waals surface area contributed by atoms with Gasteiger partial charge in [-0.05, 0) is 54.0 Å². The fourth-order valence-electron chi connectivity index (χ4n) is 2.90. The molecule has 2 N–H and O–H groups in total. The Bertz CT molecular complexity index is 518. The lowest BCUT2D eigenvalue weighted by Gasteiger charge is -2.25. The Kier molecular flexibility index (Phi) is 3.58. The van der Waals surface area contributed by atoms with Crippen LogP contribution in [0.1, 0.15) is 55.4 Å². The van der Waals surface area contributed by atoms with Crippen molar-refractivity contribution >= 4 is 0 Å². The van der Waals surface area contributed by atoms with Crippen molar-refractivity contribution < 1.29 is 0 Å². The maximum Gasteiger partial charge on any atom is 0.0276 e. The van der Waals surface area contributed by atoms with Crippen LogP contribution in [-0.2, 0) is 5.41 Å². The first-order valence-corrected chi connectivity index (χ1v) is 7.04. The van der Waals surface area contributed by atoms with Gasteiger partial charge in [-0.3, -0.25) is 0 Å². The van der Waals surface area contributed by atoms with Gasteiger partial charge < -0.3 is 5.73 Å². The molecule has 1 aliphatic rings. The standard InChI is InChI=1S/C18H25N/c1-12-9-15(18(3,4)5)10-13(2)17(12)14-7-6-8-16(19)11-14/h6,8-11,14H,7,19H2,1-5H3. The van der Waals surface area contributed by atoms with Crippen molar-refractivity contribution in [3.8, 4) is 0 Å². The average molecular weight is 255 g/mol. The highest BCUT2D eigenvalue weighted by Gasteiger charge is 2.20. The maximum absolute atomic E-state index is 5.94. The summed E-state index contributed by atoms with van der Waals surface area (Å²) in [7, 11) is 0. The van der Waals surface area contributed by atoms with Gasteiger partial charge in [0.05, 0.1) is 0 Å². The van der Waals surface area contributed by atoms with E-state index in [9.17, 15) is 0 Å². The lowest BCUT2D eigenvalue weighted by atomic mass is 9.80. The summed E-state index contributed by atoms with van der Waals surface area (Å²) in [4.78, 5) is 0. The summed E-state index contributed by atoms with van der Waals surface area (Å²) in [6.45, 7) is 11.2. The molecule has 102 valence electrons. The quantitative estimate of drug-likeness (QED) is 0.786. The van der Waals surface area contributed by atoms with Gasteiger partial charge in [0, 0.05) is 11.6 Å². The van der Waals surface area contributed by atoms with Gasteiger partial charge in [-0.1, -0.05) is 45.1 Å². The molecule has 0 bridgehead atoms. The zero-order chi connectivity index (χ0) is 14.2. The van der Waals surface area contributed by atoms with E-state index in [2.05, 4.69) is 58.9 Å². The molecule has 19 heavy (non-hydrogen) atoms. The van der Waals surface area contributed by atoms with Crippen LogP contribution in [0.15, 0.2) is 36.1 Å². The molecule has 0 aromatic heterocycles. The minimum absolute atomic E-state index is 0.204. The number of hydrogen-bond donors (Lipinski definition) is 1. The Morgan fingerprint density at radius 2 is 1.68 bits per heavy atom. The highest BCUT2D eigenvalue weighted by Crippen LogP contribution is 2.34. The van der Waals surface area contributed by atoms with E-state index in [0.29, 0.717) is 5.92 Å². The zero-order valence-electron chi connectivity index (χ0n) is 12.7. The molecular formula is C18H25N. The minimum Gasteiger partial charge on any atom is -0.399 e. The van der Waals surface area contributed by atoms with Crippen LogP contribution in [0.5, 0.6) is 0 Å². The number of rotatable bonds is 1. The molecule has 0 aliphatic heterocycles. The topological polar surface area (TPSA) is 26.0 Å². The fraction of sp³-hybridized carbons (Fsp3) is 0.444. The second kappa shape index (κ2) is 4.88. The van der Waals surface area contributed by atoms with E-state index in [1.165, 1.54) is 22.3 Å². The molecule has 1 heteroatoms. The Morgan fingerprint density at radius 3 is 2.16 bits per heavy atom. The molecule has 2 rings (SSSR count). The second-order valence-electron chi connectivity index (χ2n) is 6.68. The molecule has 1 aliphatic carbocycles. The van der Waals surface area contributed by atoms with Crippen LogP contribution in [-0.4, -0.2) is 0 Å². The summed E-state index contributed by atoms with van der Waals surface area (Å²) >= 11 is 0. The summed E-state index contributed by atoms with van der Waals surface area (Å²) < 4.78 is 0. The predicted molar refractivity (Wildman–Crippen MR) is 83.4 cm³/mol. The van der Waals surface area contributed by atoms with Crippen molar-refractivity contribution in [3.63, 3.8) is 0 Å². The van der Waals surface area contributed by atoms with Gasteiger partial charge in [-0.15, -0.1) is 0 Å². The van der Waals surface area contributed by atoms with Gasteiger partial charge in [0.1, 0.15) is 0 Å². The molecule has 0 spiro atoms. The SMILES string of the molecule is Cc1cc(C(C)(C)C)cc(C)c1C1C=C(N)C=CC1. The van der Waals surface area contributed by atoms with Gasteiger partial charge in [0.15, 0.2) is 0 Å². The second-order valence-corrected chi connectivity index (χ2v) is 6.68. The minimum atomic E-state index is 0.204. The van der Waals surface area contributed by atoms with Gasteiger partial charge in [0.25, 0.3) is 0 Å². The van der Waals surface area contributed by atoms with Crippen LogP contribution < -0.4 is 5.73 Å². The molecule has 0 saturated carbocycles. The van der Waals surface area contributed by atoms with Crippen LogP contribution >= 0.6 is 0 Å². The predicted octanol–water partition coefficient (Wildman–Crippen LogP) is 4.49. The van der Waals surface area contributed by atoms with E-state index in [0.717, 1.165) is 12.1 Å². The Hall–Kier alpha value is -1.50. The molecule has 1 aromatic rings. The van der Waals surface area contributed by atoms with E-state index in [1.807, 2.05) is 6.08 Å². The highest BCUT2D eigenvalue weighted by atomic mass is 14.6. The Morgan fingerprint density at radius 1 is 1.11 bits per heavy atom. The lowest BCUT2D eigenvalue weighted by molar-refractivity contribution is 0.588. The van der Waals surface area contributed by atoms with E-state index in [-0.39, 0.29) is 5.41 Å². The Labute approximate surface area is 117 Å². The normalized spacial score (nSPS) is 19.4. The first kappa shape index (κ1) is 13.9. The average Bonchev–Trinajstić information content (AvgIpc) is 2.26. The third kappa shape index (κ3) is 2.91. The van der Waals surface area contributed by atoms with Crippen molar-refractivity contribution in [1.29, 1.82) is 0 Å². The molecule has 0 amide bonds. The Balaban J connectivity index is 2.46. The van der Waals surface area contributed by atoms with E-state index >= 15 is 0 Å². The molecule has 1 nitrogen and oxygen atoms in total. The lowest BCUT2D eigenvalue weighted by Crippen LogP contribution is -2.14. The summed E-state index contributed by atoms with van der Waals surface area (Å²) in [6.07, 6.45) is 7.42. The van der Waals surface area contributed by atoms with Crippen molar-refractivity contribution in [2.75, 3.05) is 0 Å². The van der Waals surface area contributed by atoms with Crippen molar-refractivity contribution in [2.45, 2.75) is 52.4 Å². The van der Waals surface area contributed by atoms with Gasteiger partial charge in [0.2, 0.25) is 0 Å². The molecule has 0 radical (unpaired) electrons. The van der Waals surface area contributed by atoms with Gasteiger partial charge in [-0.25, -0.2) is 0 Å². The summed E-state index contributed by atoms with van der Waals surface area (Å²) in [5, 5.41) is 0. The fourth-order valence-corrected chi connectivity index (χ4v) is 2.90. The number of nitrogens with two attached hydrogens (primary N) is 1. The number of hydrogen-bond acceptors (Lipinski definition) is 1. The van der Waals surface area contributed by atoms with E-state index in [4.69, 9.17) is 5.73 Å². The van der Waals surface area contributed by atoms with Crippen LogP contribution in [0.4, 0.5) is 0 Å². The molecule has 1 unspecified atom stereocenters. The number of aryl methyl sites for hydroxylation is 2. The smallest absolute Gasteiger partial charge is 0.0276 e. The van der Waals surface area contributed by atoms with E-state index in [1.54, 1.807) is 0 Å². The van der Waals surface area contributed by atoms with Gasteiger partial charge in [-0.2, -0.15) is 0 Å². The summed E-state index contributed by atoms with van der Waals surface area (Å²) in [5.41, 5.74) is 12.6. The zero-order valence-corrected chi connectivity index (χ0v) is 12.7. The largest absolute Gasteiger partial charge is 0.399 e. The summed E-state index contributed by atoms with van der Waals surface area (Å²) in [6, 6.07) is 4.68. The van der Waals surface area contributed by atoms with Crippen LogP contribution in [0.3, 0.4) is 0 Å². The van der Waals surface area contributed by atoms with Crippen molar-refractivity contribution in [2.24, 2.45) is 5.73 Å². The van der Waals surface area contributed by atoms with Gasteiger partial charge >= 0.3 is 0 Å². The van der Waals surface area contributed by atoms with Crippen LogP contribution in [0.2, 0.25) is 0 Å². The molecule has 0 saturated heterocycles. The third-order valence-corrected chi connectivity index (χ3v) is 3.92. The van der Waals surface area contributed by atoms with E-state index < -0.39 is 0 Å². The van der Waals surface area contributed by atoms with Crippen LogP contribution in [0, 0.1) is 13.8 Å². The maximum atomic E-state index is 5.94. The summed E-state index contributed by atoms with van der Waals surface area (Å²) in [5.74, 6) is 0.430. The monoisotopic (exact) mass is 255 g/mol. The number of allylic oxidation sites excluding steroid dienone is 3. The van der Waals surface area contributed by atoms with Crippen molar-refractivity contribution in [3.05, 3.63) is 58.3 Å². The molecular weight excluding hydrogens is 230 g/mol. The first-order valence-electron chi connectivity index (χ1n) is 7.04. The van der Waals surface area contributed by atoms with Crippen LogP contribution in [0.25, 0.3) is 0 Å². The third-order valence-electron chi connectivity index (χ3n) is 3.92. The number of benzene rings is 1. The first-order chi connectivity index (χ1) is 8.79. The molecule has 0 fully saturated rings. The molecule has 1 aromatic carbocycles. The highest BCUT2D eigenvalue weighted by molar-refractivity contribution is 5.45.